The first-order valence-electron chi connectivity index (χ1n) is 5.73. The van der Waals surface area contributed by atoms with Crippen LogP contribution in [0.25, 0.3) is 0 Å². The Labute approximate surface area is 86.6 Å². The van der Waals surface area contributed by atoms with Gasteiger partial charge in [0, 0.05) is 12.1 Å². The molecule has 1 atom stereocenters. The van der Waals surface area contributed by atoms with Crippen LogP contribution >= 0.6 is 0 Å². The van der Waals surface area contributed by atoms with E-state index < -0.39 is 0 Å². The van der Waals surface area contributed by atoms with Gasteiger partial charge in [-0.2, -0.15) is 0 Å². The van der Waals surface area contributed by atoms with Crippen molar-refractivity contribution in [2.24, 2.45) is 0 Å². The molecule has 1 unspecified atom stereocenters. The Morgan fingerprint density at radius 2 is 1.93 bits per heavy atom. The normalized spacial score (nSPS) is 18.3. The lowest BCUT2D eigenvalue weighted by Crippen LogP contribution is -2.46. The van der Waals surface area contributed by atoms with Crippen molar-refractivity contribution in [3.63, 3.8) is 0 Å². The predicted octanol–water partition coefficient (Wildman–Crippen LogP) is 1.43. The zero-order valence-corrected chi connectivity index (χ0v) is 9.47. The van der Waals surface area contributed by atoms with E-state index in [1.165, 1.54) is 12.8 Å². The molecule has 0 aliphatic heterocycles. The molecular weight excluding hydrogens is 176 g/mol. The van der Waals surface area contributed by atoms with Crippen molar-refractivity contribution in [2.75, 3.05) is 0 Å². The van der Waals surface area contributed by atoms with Gasteiger partial charge in [0.1, 0.15) is 0 Å². The average molecular weight is 198 g/mol. The Balaban J connectivity index is 2.23. The van der Waals surface area contributed by atoms with E-state index in [9.17, 15) is 4.79 Å². The van der Waals surface area contributed by atoms with Crippen molar-refractivity contribution in [3.8, 4) is 0 Å². The summed E-state index contributed by atoms with van der Waals surface area (Å²) in [6.45, 7) is 6.15. The SMILES string of the molecule is CCC(CC)NC(=O)C(C)NC1CC1. The Kier molecular flexibility index (Phi) is 4.39. The minimum absolute atomic E-state index is 0.0388. The number of hydrogen-bond acceptors (Lipinski definition) is 2. The van der Waals surface area contributed by atoms with Gasteiger partial charge < -0.3 is 10.6 Å². The third kappa shape index (κ3) is 3.66. The summed E-state index contributed by atoms with van der Waals surface area (Å²) >= 11 is 0. The quantitative estimate of drug-likeness (QED) is 0.678. The van der Waals surface area contributed by atoms with E-state index in [0.29, 0.717) is 12.1 Å². The van der Waals surface area contributed by atoms with Crippen LogP contribution in [0.2, 0.25) is 0 Å². The predicted molar refractivity (Wildman–Crippen MR) is 58.1 cm³/mol. The number of amides is 1. The van der Waals surface area contributed by atoms with Crippen LogP contribution in [0.3, 0.4) is 0 Å². The summed E-state index contributed by atoms with van der Waals surface area (Å²) in [6, 6.07) is 0.895. The Morgan fingerprint density at radius 3 is 2.36 bits per heavy atom. The van der Waals surface area contributed by atoms with Gasteiger partial charge in [-0.05, 0) is 32.6 Å². The second-order valence-electron chi connectivity index (χ2n) is 4.18. The van der Waals surface area contributed by atoms with Crippen LogP contribution in [-0.2, 0) is 4.79 Å². The molecule has 0 aromatic rings. The lowest BCUT2D eigenvalue weighted by molar-refractivity contribution is -0.123. The molecule has 1 aliphatic carbocycles. The lowest BCUT2D eigenvalue weighted by Gasteiger charge is -2.19. The zero-order chi connectivity index (χ0) is 10.6. The molecule has 14 heavy (non-hydrogen) atoms. The standard InChI is InChI=1S/C11H22N2O/c1-4-9(5-2)13-11(14)8(3)12-10-6-7-10/h8-10,12H,4-7H2,1-3H3,(H,13,14). The maximum absolute atomic E-state index is 11.7. The fourth-order valence-electron chi connectivity index (χ4n) is 1.50. The van der Waals surface area contributed by atoms with Crippen LogP contribution in [-0.4, -0.2) is 24.0 Å². The molecule has 2 N–H and O–H groups in total. The van der Waals surface area contributed by atoms with Crippen molar-refractivity contribution in [1.82, 2.24) is 10.6 Å². The van der Waals surface area contributed by atoms with E-state index in [1.54, 1.807) is 0 Å². The summed E-state index contributed by atoms with van der Waals surface area (Å²) in [7, 11) is 0. The first-order chi connectivity index (χ1) is 6.67. The average Bonchev–Trinajstić information content (AvgIpc) is 2.97. The molecule has 1 amide bonds. The number of carbonyl (C=O) groups excluding carboxylic acids is 1. The molecule has 0 saturated heterocycles. The van der Waals surface area contributed by atoms with E-state index in [-0.39, 0.29) is 11.9 Å². The van der Waals surface area contributed by atoms with Gasteiger partial charge in [-0.25, -0.2) is 0 Å². The Bertz CT molecular complexity index is 186. The van der Waals surface area contributed by atoms with Gasteiger partial charge in [0.15, 0.2) is 0 Å². The van der Waals surface area contributed by atoms with E-state index in [2.05, 4.69) is 24.5 Å². The highest BCUT2D eigenvalue weighted by Gasteiger charge is 2.25. The lowest BCUT2D eigenvalue weighted by atomic mass is 10.1. The summed E-state index contributed by atoms with van der Waals surface area (Å²) in [6.07, 6.45) is 4.47. The highest BCUT2D eigenvalue weighted by atomic mass is 16.2. The summed E-state index contributed by atoms with van der Waals surface area (Å²) < 4.78 is 0. The first kappa shape index (κ1) is 11.5. The van der Waals surface area contributed by atoms with Gasteiger partial charge in [-0.1, -0.05) is 13.8 Å². The molecule has 1 saturated carbocycles. The molecule has 0 bridgehead atoms. The molecule has 0 radical (unpaired) electrons. The second kappa shape index (κ2) is 5.35. The van der Waals surface area contributed by atoms with E-state index >= 15 is 0 Å². The van der Waals surface area contributed by atoms with Gasteiger partial charge in [0.05, 0.1) is 6.04 Å². The van der Waals surface area contributed by atoms with Crippen molar-refractivity contribution in [1.29, 1.82) is 0 Å². The molecule has 82 valence electrons. The van der Waals surface area contributed by atoms with Crippen LogP contribution < -0.4 is 10.6 Å². The van der Waals surface area contributed by atoms with E-state index in [0.717, 1.165) is 12.8 Å². The minimum atomic E-state index is -0.0388. The Hall–Kier alpha value is -0.570. The Morgan fingerprint density at radius 1 is 1.36 bits per heavy atom. The van der Waals surface area contributed by atoms with Gasteiger partial charge in [-0.15, -0.1) is 0 Å². The van der Waals surface area contributed by atoms with Gasteiger partial charge in [-0.3, -0.25) is 4.79 Å². The molecule has 1 rings (SSSR count). The highest BCUT2D eigenvalue weighted by molar-refractivity contribution is 5.81. The third-order valence-electron chi connectivity index (χ3n) is 2.79. The second-order valence-corrected chi connectivity index (χ2v) is 4.18. The highest BCUT2D eigenvalue weighted by Crippen LogP contribution is 2.19. The molecule has 0 spiro atoms. The number of carbonyl (C=O) groups is 1. The monoisotopic (exact) mass is 198 g/mol. The number of rotatable bonds is 6. The molecular formula is C11H22N2O. The number of nitrogens with one attached hydrogen (secondary N) is 2. The van der Waals surface area contributed by atoms with Crippen molar-refractivity contribution < 1.29 is 4.79 Å². The topological polar surface area (TPSA) is 41.1 Å². The van der Waals surface area contributed by atoms with E-state index in [4.69, 9.17) is 0 Å². The first-order valence-corrected chi connectivity index (χ1v) is 5.73. The fraction of sp³-hybridized carbons (Fsp3) is 0.909. The summed E-state index contributed by atoms with van der Waals surface area (Å²) in [5.41, 5.74) is 0. The molecule has 0 aromatic carbocycles. The smallest absolute Gasteiger partial charge is 0.237 e. The summed E-state index contributed by atoms with van der Waals surface area (Å²) in [5.74, 6) is 0.144. The van der Waals surface area contributed by atoms with Crippen molar-refractivity contribution in [2.45, 2.75) is 64.6 Å². The number of hydrogen-bond donors (Lipinski definition) is 2. The van der Waals surface area contributed by atoms with Crippen LogP contribution in [0.5, 0.6) is 0 Å². The van der Waals surface area contributed by atoms with Gasteiger partial charge in [0.2, 0.25) is 5.91 Å². The fourth-order valence-corrected chi connectivity index (χ4v) is 1.50. The maximum atomic E-state index is 11.7. The summed E-state index contributed by atoms with van der Waals surface area (Å²) in [5, 5.41) is 6.34. The van der Waals surface area contributed by atoms with Crippen molar-refractivity contribution >= 4 is 5.91 Å². The third-order valence-corrected chi connectivity index (χ3v) is 2.79. The molecule has 0 aromatic heterocycles. The van der Waals surface area contributed by atoms with Crippen LogP contribution in [0.4, 0.5) is 0 Å². The van der Waals surface area contributed by atoms with Gasteiger partial charge in [0.25, 0.3) is 0 Å². The molecule has 1 aliphatic rings. The van der Waals surface area contributed by atoms with E-state index in [1.807, 2.05) is 6.92 Å². The van der Waals surface area contributed by atoms with Crippen molar-refractivity contribution in [3.05, 3.63) is 0 Å². The van der Waals surface area contributed by atoms with Gasteiger partial charge >= 0.3 is 0 Å². The zero-order valence-electron chi connectivity index (χ0n) is 9.47. The molecule has 1 fully saturated rings. The largest absolute Gasteiger partial charge is 0.352 e. The summed E-state index contributed by atoms with van der Waals surface area (Å²) in [4.78, 5) is 11.7. The molecule has 0 heterocycles. The maximum Gasteiger partial charge on any atom is 0.237 e. The molecule has 3 nitrogen and oxygen atoms in total. The van der Waals surface area contributed by atoms with Crippen LogP contribution in [0, 0.1) is 0 Å². The molecule has 3 heteroatoms. The minimum Gasteiger partial charge on any atom is -0.352 e. The van der Waals surface area contributed by atoms with Crippen LogP contribution in [0.15, 0.2) is 0 Å². The van der Waals surface area contributed by atoms with Crippen LogP contribution in [0.1, 0.15) is 46.5 Å².